The van der Waals surface area contributed by atoms with Gasteiger partial charge >= 0.3 is 423 Å². The van der Waals surface area contributed by atoms with Gasteiger partial charge in [-0.25, -0.2) is 0 Å². The summed E-state index contributed by atoms with van der Waals surface area (Å²) in [5.41, 5.74) is 20.6. The predicted octanol–water partition coefficient (Wildman–Crippen LogP) is 18.7. The Morgan fingerprint density at radius 1 is 0.379 bits per heavy atom. The van der Waals surface area contributed by atoms with Crippen LogP contribution < -0.4 is 7.71 Å². The van der Waals surface area contributed by atoms with Crippen molar-refractivity contribution in [3.05, 3.63) is 141 Å². The van der Waals surface area contributed by atoms with Crippen LogP contribution in [0.2, 0.25) is 0 Å². The molecule has 0 unspecified atom stereocenters. The fraction of sp³-hybridized carbons (Fsp3) is 0.483. The van der Waals surface area contributed by atoms with Crippen molar-refractivity contribution in [2.24, 2.45) is 9.98 Å². The molecule has 0 aromatic heterocycles. The molecule has 0 fully saturated rings. The molecule has 0 bridgehead atoms. The van der Waals surface area contributed by atoms with Gasteiger partial charge in [0, 0.05) is 0 Å². The molecule has 2 radical (unpaired) electrons. The van der Waals surface area contributed by atoms with Crippen molar-refractivity contribution in [1.82, 2.24) is 0 Å². The Hall–Kier alpha value is -3.01. The fourth-order valence-corrected chi connectivity index (χ4v) is 14.2. The second-order valence-electron chi connectivity index (χ2n) is 20.4. The number of rotatable bonds is 18. The summed E-state index contributed by atoms with van der Waals surface area (Å²) in [7, 11) is 7.93. The third-order valence-electron chi connectivity index (χ3n) is 12.2. The Kier molecular flexibility index (Phi) is 23.2. The van der Waals surface area contributed by atoms with Crippen LogP contribution in [0.15, 0.2) is 106 Å². The Morgan fingerprint density at radius 3 is 0.758 bits per heavy atom. The zero-order valence-corrected chi connectivity index (χ0v) is 50.7. The van der Waals surface area contributed by atoms with E-state index in [0.29, 0.717) is 47.3 Å². The van der Waals surface area contributed by atoms with E-state index in [-0.39, 0.29) is 0 Å². The first kappa shape index (κ1) is 57.3. The van der Waals surface area contributed by atoms with Crippen molar-refractivity contribution < 1.29 is 0 Å². The van der Waals surface area contributed by atoms with Crippen LogP contribution in [-0.4, -0.2) is 40.9 Å². The Morgan fingerprint density at radius 2 is 0.576 bits per heavy atom. The number of allylic oxidation sites excluding steroid dienone is 4. The summed E-state index contributed by atoms with van der Waals surface area (Å²) >= 11 is -1.05. The third-order valence-corrected chi connectivity index (χ3v) is 17.8. The van der Waals surface area contributed by atoms with E-state index in [1.807, 2.05) is 0 Å². The summed E-state index contributed by atoms with van der Waals surface area (Å²) in [4.78, 5) is 10.4. The van der Waals surface area contributed by atoms with Crippen LogP contribution in [-0.2, 0) is 0 Å². The SMILES string of the molecule is CC(/C=C(/C)[N]([Ge]=[PH])c1c(C(C)C)cccc1C(C)C)=Nc1c(C(C)C)cccc1C(C)C.CC(/C=C(/C)[N]([Ge]=[PH])c1c(C(C)C)cccc1C(C)C)=Nc1c(C(C)C)cccc1C(C)C. The molecule has 0 N–H and O–H groups in total. The average Bonchev–Trinajstić information content (AvgIpc) is 3.23. The van der Waals surface area contributed by atoms with Gasteiger partial charge in [0.25, 0.3) is 0 Å². The van der Waals surface area contributed by atoms with E-state index >= 15 is 0 Å². The molecule has 4 aromatic carbocycles. The van der Waals surface area contributed by atoms with E-state index in [1.54, 1.807) is 0 Å². The maximum atomic E-state index is 5.18. The number of hydrogen-bond acceptors (Lipinski definition) is 2. The minimum absolute atomic E-state index is 0.442. The van der Waals surface area contributed by atoms with Gasteiger partial charge in [0.1, 0.15) is 0 Å². The molecule has 4 rings (SSSR count). The van der Waals surface area contributed by atoms with Gasteiger partial charge in [-0.15, -0.1) is 0 Å². The van der Waals surface area contributed by atoms with Crippen molar-refractivity contribution in [3.8, 4) is 0 Å². The second kappa shape index (κ2) is 26.7. The van der Waals surface area contributed by atoms with Crippen LogP contribution in [0.25, 0.3) is 0 Å². The third kappa shape index (κ3) is 15.0. The number of aliphatic imine (C=N–C) groups is 2. The molecule has 0 amide bonds. The number of benzene rings is 4. The molecule has 0 saturated carbocycles. The molecular formula is C58H84Ge2N4P2. The van der Waals surface area contributed by atoms with E-state index in [1.165, 1.54) is 67.3 Å². The molecule has 0 atom stereocenters. The standard InChI is InChI=1S/2C29H42GeN2P/c2*1-18(2)24-13-11-14-25(19(3)4)28(24)31-22(9)17-23(10)32(30-33)29-26(20(5)6)15-12-16-27(29)21(7)8/h2*11-21,33H,1-10H3/b2*23-17-,31-22?. The van der Waals surface area contributed by atoms with Crippen molar-refractivity contribution in [1.29, 1.82) is 0 Å². The van der Waals surface area contributed by atoms with Crippen LogP contribution in [0.4, 0.5) is 22.7 Å². The quantitative estimate of drug-likeness (QED) is 0.0565. The van der Waals surface area contributed by atoms with Crippen molar-refractivity contribution in [3.63, 3.8) is 0 Å². The molecular weight excluding hydrogens is 960 g/mol. The normalized spacial score (nSPS) is 12.9. The summed E-state index contributed by atoms with van der Waals surface area (Å²) in [6, 6.07) is 26.8. The Labute approximate surface area is 420 Å². The first-order chi connectivity index (χ1) is 31.0. The molecule has 354 valence electrons. The number of nitrogens with zero attached hydrogens (tertiary/aromatic N) is 4. The molecule has 66 heavy (non-hydrogen) atoms. The van der Waals surface area contributed by atoms with E-state index in [0.717, 1.165) is 22.8 Å². The molecule has 0 aliphatic carbocycles. The monoisotopic (exact) mass is 1050 g/mol. The first-order valence-corrected chi connectivity index (χ1v) is 33.6. The van der Waals surface area contributed by atoms with E-state index < -0.39 is 29.5 Å². The molecule has 0 aliphatic heterocycles. The van der Waals surface area contributed by atoms with Gasteiger partial charge in [-0.2, -0.15) is 0 Å². The van der Waals surface area contributed by atoms with Crippen molar-refractivity contribution in [2.75, 3.05) is 7.71 Å². The van der Waals surface area contributed by atoms with Crippen LogP contribution in [0.5, 0.6) is 0 Å². The molecule has 8 heteroatoms. The van der Waals surface area contributed by atoms with Crippen LogP contribution >= 0.6 is 14.8 Å². The summed E-state index contributed by atoms with van der Waals surface area (Å²) in [6.07, 6.45) is 4.51. The molecule has 4 nitrogen and oxygen atoms in total. The van der Waals surface area contributed by atoms with Gasteiger partial charge in [-0.05, 0) is 0 Å². The van der Waals surface area contributed by atoms with E-state index in [4.69, 9.17) is 9.98 Å². The van der Waals surface area contributed by atoms with Gasteiger partial charge in [-0.3, -0.25) is 0 Å². The average molecular weight is 1040 g/mol. The molecule has 0 aliphatic rings. The van der Waals surface area contributed by atoms with Crippen molar-refractivity contribution in [2.45, 2.75) is 186 Å². The van der Waals surface area contributed by atoms with Gasteiger partial charge < -0.3 is 0 Å². The summed E-state index contributed by atoms with van der Waals surface area (Å²) < 4.78 is 5.02. The van der Waals surface area contributed by atoms with Gasteiger partial charge in [-0.1, -0.05) is 0 Å². The minimum atomic E-state index is -0.524. The molecule has 4 aromatic rings. The molecule has 0 heterocycles. The van der Waals surface area contributed by atoms with Crippen LogP contribution in [0.1, 0.15) is 230 Å². The molecule has 0 spiro atoms. The first-order valence-electron chi connectivity index (χ1n) is 24.4. The summed E-state index contributed by atoms with van der Waals surface area (Å²) in [5, 5.41) is 0. The zero-order valence-electron chi connectivity index (χ0n) is 44.5. The number of anilines is 2. The van der Waals surface area contributed by atoms with Crippen molar-refractivity contribution >= 4 is 78.4 Å². The Bertz CT molecular complexity index is 2130. The van der Waals surface area contributed by atoms with E-state index in [2.05, 4.69) is 246 Å². The number of para-hydroxylation sites is 4. The Balaban J connectivity index is 0.000000350. The maximum absolute atomic E-state index is 5.18. The van der Waals surface area contributed by atoms with Crippen LogP contribution in [0.3, 0.4) is 0 Å². The van der Waals surface area contributed by atoms with Gasteiger partial charge in [0.15, 0.2) is 0 Å². The van der Waals surface area contributed by atoms with Gasteiger partial charge in [0.2, 0.25) is 0 Å². The zero-order chi connectivity index (χ0) is 49.7. The number of hydrogen-bond donors (Lipinski definition) is 0. The predicted molar refractivity (Wildman–Crippen MR) is 305 cm³/mol. The van der Waals surface area contributed by atoms with E-state index in [9.17, 15) is 0 Å². The summed E-state index contributed by atoms with van der Waals surface area (Å²) in [6.45, 7) is 45.0. The fourth-order valence-electron chi connectivity index (χ4n) is 8.61. The molecule has 0 saturated heterocycles. The van der Waals surface area contributed by atoms with Crippen LogP contribution in [0, 0.1) is 0 Å². The second-order valence-corrected chi connectivity index (χ2v) is 25.5. The summed E-state index contributed by atoms with van der Waals surface area (Å²) in [5.74, 6) is 3.66. The van der Waals surface area contributed by atoms with Gasteiger partial charge in [0.05, 0.1) is 0 Å². The topological polar surface area (TPSA) is 31.2 Å².